The van der Waals surface area contributed by atoms with Crippen LogP contribution in [0.1, 0.15) is 35.5 Å². The van der Waals surface area contributed by atoms with Gasteiger partial charge >= 0.3 is 12.1 Å². The van der Waals surface area contributed by atoms with Crippen LogP contribution in [-0.2, 0) is 21.5 Å². The van der Waals surface area contributed by atoms with E-state index in [1.807, 2.05) is 26.0 Å². The van der Waals surface area contributed by atoms with E-state index in [4.69, 9.17) is 4.74 Å². The van der Waals surface area contributed by atoms with Crippen LogP contribution in [0.4, 0.5) is 10.5 Å². The van der Waals surface area contributed by atoms with E-state index < -0.39 is 17.5 Å². The van der Waals surface area contributed by atoms with Crippen LogP contribution in [0.25, 0.3) is 10.9 Å². The smallest absolute Gasteiger partial charge is 0.416 e. The van der Waals surface area contributed by atoms with Gasteiger partial charge in [-0.15, -0.1) is 0 Å². The fourth-order valence-electron chi connectivity index (χ4n) is 3.96. The Kier molecular flexibility index (Phi) is 4.19. The molecule has 0 aliphatic carbocycles. The van der Waals surface area contributed by atoms with Gasteiger partial charge in [0.25, 0.3) is 0 Å². The minimum Gasteiger partial charge on any atom is -0.465 e. The highest BCUT2D eigenvalue weighted by Crippen LogP contribution is 2.43. The van der Waals surface area contributed by atoms with Gasteiger partial charge in [-0.25, -0.2) is 14.2 Å². The molecule has 1 aliphatic heterocycles. The van der Waals surface area contributed by atoms with Crippen LogP contribution in [0.5, 0.6) is 0 Å². The van der Waals surface area contributed by atoms with Crippen LogP contribution in [0, 0.1) is 0 Å². The van der Waals surface area contributed by atoms with E-state index in [1.54, 1.807) is 36.4 Å². The number of fused-ring (bicyclic) bond motifs is 2. The lowest BCUT2D eigenvalue weighted by atomic mass is 9.86. The van der Waals surface area contributed by atoms with E-state index in [9.17, 15) is 19.5 Å². The zero-order valence-electron chi connectivity index (χ0n) is 16.3. The number of carbonyl (C=O) groups is 3. The molecule has 1 aliphatic rings. The van der Waals surface area contributed by atoms with Gasteiger partial charge in [0.1, 0.15) is 0 Å². The summed E-state index contributed by atoms with van der Waals surface area (Å²) in [5.74, 6) is -0.652. The summed E-state index contributed by atoms with van der Waals surface area (Å²) in [6.45, 7) is 3.71. The summed E-state index contributed by atoms with van der Waals surface area (Å²) in [5, 5.41) is 10.5. The first kappa shape index (κ1) is 18.7. The Balaban J connectivity index is 1.84. The van der Waals surface area contributed by atoms with Crippen molar-refractivity contribution in [2.24, 2.45) is 0 Å². The third-order valence-electron chi connectivity index (χ3n) is 5.46. The van der Waals surface area contributed by atoms with Crippen molar-refractivity contribution in [1.82, 2.24) is 4.57 Å². The predicted molar refractivity (Wildman–Crippen MR) is 107 cm³/mol. The number of para-hydroxylation sites is 1. The molecule has 148 valence electrons. The summed E-state index contributed by atoms with van der Waals surface area (Å²) < 4.78 is 5.99. The summed E-state index contributed by atoms with van der Waals surface area (Å²) in [6.07, 6.45) is -1.12. The molecule has 3 aromatic rings. The lowest BCUT2D eigenvalue weighted by molar-refractivity contribution is -0.122. The highest BCUT2D eigenvalue weighted by molar-refractivity contribution is 6.08. The first-order chi connectivity index (χ1) is 13.8. The monoisotopic (exact) mass is 392 g/mol. The third kappa shape index (κ3) is 2.77. The number of carboxylic acid groups (broad SMARTS) is 1. The normalized spacial score (nSPS) is 14.9. The summed E-state index contributed by atoms with van der Waals surface area (Å²) in [6, 6.07) is 14.0. The molecule has 0 spiro atoms. The van der Waals surface area contributed by atoms with Gasteiger partial charge in [-0.1, -0.05) is 24.3 Å². The Bertz CT molecular complexity index is 1180. The van der Waals surface area contributed by atoms with Crippen LogP contribution >= 0.6 is 0 Å². The molecule has 7 heteroatoms. The van der Waals surface area contributed by atoms with Gasteiger partial charge in [0, 0.05) is 11.1 Å². The minimum atomic E-state index is -1.12. The summed E-state index contributed by atoms with van der Waals surface area (Å²) in [7, 11) is 1.30. The van der Waals surface area contributed by atoms with Crippen LogP contribution in [0.15, 0.2) is 48.5 Å². The van der Waals surface area contributed by atoms with Crippen molar-refractivity contribution < 1.29 is 24.2 Å². The van der Waals surface area contributed by atoms with Crippen LogP contribution in [-0.4, -0.2) is 34.8 Å². The first-order valence-electron chi connectivity index (χ1n) is 9.13. The van der Waals surface area contributed by atoms with Crippen LogP contribution in [0.2, 0.25) is 0 Å². The van der Waals surface area contributed by atoms with E-state index >= 15 is 0 Å². The molecule has 29 heavy (non-hydrogen) atoms. The maximum absolute atomic E-state index is 13.2. The number of aromatic nitrogens is 1. The second kappa shape index (κ2) is 6.48. The molecule has 0 saturated heterocycles. The van der Waals surface area contributed by atoms with Gasteiger partial charge in [0.05, 0.1) is 35.8 Å². The van der Waals surface area contributed by atoms with Crippen LogP contribution < -0.4 is 4.90 Å². The zero-order valence-corrected chi connectivity index (χ0v) is 16.3. The molecule has 1 aromatic heterocycles. The van der Waals surface area contributed by atoms with Crippen molar-refractivity contribution in [3.63, 3.8) is 0 Å². The lowest BCUT2D eigenvalue weighted by Gasteiger charge is -2.21. The first-order valence-corrected chi connectivity index (χ1v) is 9.13. The van der Waals surface area contributed by atoms with Crippen molar-refractivity contribution in [2.45, 2.75) is 25.8 Å². The second-order valence-corrected chi connectivity index (χ2v) is 7.55. The van der Waals surface area contributed by atoms with Crippen LogP contribution in [0.3, 0.4) is 0 Å². The zero-order chi connectivity index (χ0) is 20.9. The fourth-order valence-corrected chi connectivity index (χ4v) is 3.96. The van der Waals surface area contributed by atoms with E-state index in [2.05, 4.69) is 0 Å². The number of anilines is 1. The van der Waals surface area contributed by atoms with Crippen molar-refractivity contribution in [2.75, 3.05) is 12.0 Å². The number of esters is 1. The third-order valence-corrected chi connectivity index (χ3v) is 5.46. The van der Waals surface area contributed by atoms with E-state index in [0.717, 1.165) is 10.9 Å². The molecule has 0 fully saturated rings. The summed E-state index contributed by atoms with van der Waals surface area (Å²) in [5.41, 5.74) is 1.95. The van der Waals surface area contributed by atoms with Gasteiger partial charge in [-0.3, -0.25) is 4.79 Å². The summed E-state index contributed by atoms with van der Waals surface area (Å²) >= 11 is 0. The van der Waals surface area contributed by atoms with Gasteiger partial charge in [0.2, 0.25) is 5.91 Å². The average Bonchev–Trinajstić information content (AvgIpc) is 3.16. The number of hydrogen-bond acceptors (Lipinski definition) is 4. The standard InChI is InChI=1S/C22H20N2O5/c1-22(2)16-9-8-14(19(25)29-3)11-18(16)23(20(22)26)12-15-10-13-6-4-5-7-17(13)24(15)21(27)28/h4-11H,12H2,1-3H3,(H,27,28). The van der Waals surface area contributed by atoms with E-state index in [-0.39, 0.29) is 12.5 Å². The highest BCUT2D eigenvalue weighted by Gasteiger charge is 2.44. The Hall–Kier alpha value is -3.61. The minimum absolute atomic E-state index is 0.0703. The topological polar surface area (TPSA) is 88.8 Å². The van der Waals surface area contributed by atoms with Gasteiger partial charge in [-0.05, 0) is 43.7 Å². The lowest BCUT2D eigenvalue weighted by Crippen LogP contribution is -2.36. The molecule has 2 heterocycles. The molecule has 0 bridgehead atoms. The molecule has 1 amide bonds. The molecule has 7 nitrogen and oxygen atoms in total. The molecule has 0 unspecified atom stereocenters. The van der Waals surface area contributed by atoms with E-state index in [0.29, 0.717) is 22.5 Å². The van der Waals surface area contributed by atoms with Gasteiger partial charge < -0.3 is 14.7 Å². The molecule has 2 aromatic carbocycles. The van der Waals surface area contributed by atoms with Gasteiger partial charge in [0.15, 0.2) is 0 Å². The number of amides is 1. The maximum Gasteiger partial charge on any atom is 0.416 e. The Morgan fingerprint density at radius 1 is 1.10 bits per heavy atom. The van der Waals surface area contributed by atoms with Crippen molar-refractivity contribution in [3.05, 3.63) is 65.4 Å². The molecule has 0 radical (unpaired) electrons. The fraction of sp³-hybridized carbons (Fsp3) is 0.227. The number of hydrogen-bond donors (Lipinski definition) is 1. The second-order valence-electron chi connectivity index (χ2n) is 7.55. The molecule has 0 atom stereocenters. The predicted octanol–water partition coefficient (Wildman–Crippen LogP) is 3.78. The Labute approximate surface area is 167 Å². The number of rotatable bonds is 3. The SMILES string of the molecule is COC(=O)c1ccc2c(c1)N(Cc1cc3ccccc3n1C(=O)O)C(=O)C2(C)C. The average molecular weight is 392 g/mol. The Morgan fingerprint density at radius 2 is 1.83 bits per heavy atom. The molecule has 0 saturated carbocycles. The Morgan fingerprint density at radius 3 is 2.52 bits per heavy atom. The summed E-state index contributed by atoms with van der Waals surface area (Å²) in [4.78, 5) is 38.6. The maximum atomic E-state index is 13.2. The van der Waals surface area contributed by atoms with Crippen molar-refractivity contribution in [3.8, 4) is 0 Å². The number of methoxy groups -OCH3 is 1. The van der Waals surface area contributed by atoms with Gasteiger partial charge in [-0.2, -0.15) is 0 Å². The number of nitrogens with zero attached hydrogens (tertiary/aromatic N) is 2. The highest BCUT2D eigenvalue weighted by atomic mass is 16.5. The molecule has 4 rings (SSSR count). The van der Waals surface area contributed by atoms with E-state index in [1.165, 1.54) is 16.6 Å². The largest absolute Gasteiger partial charge is 0.465 e. The molecule has 1 N–H and O–H groups in total. The van der Waals surface area contributed by atoms with Crippen molar-refractivity contribution in [1.29, 1.82) is 0 Å². The number of carbonyl (C=O) groups excluding carboxylic acids is 2. The van der Waals surface area contributed by atoms with Crippen molar-refractivity contribution >= 4 is 34.6 Å². The number of ether oxygens (including phenoxy) is 1. The quantitative estimate of drug-likeness (QED) is 0.685. The molecular formula is C22H20N2O5. The molecular weight excluding hydrogens is 372 g/mol. The number of benzene rings is 2.